The molecule has 0 fully saturated rings. The number of fused-ring (bicyclic) bond motifs is 8. The van der Waals surface area contributed by atoms with Crippen LogP contribution in [0.5, 0.6) is 0 Å². The second-order valence-electron chi connectivity index (χ2n) is 6.66. The summed E-state index contributed by atoms with van der Waals surface area (Å²) in [7, 11) is 0. The van der Waals surface area contributed by atoms with Gasteiger partial charge >= 0.3 is 0 Å². The molecule has 8 nitrogen and oxygen atoms in total. The molecule has 0 aromatic carbocycles. The summed E-state index contributed by atoms with van der Waals surface area (Å²) >= 11 is 0. The number of aromatic nitrogens is 4. The fourth-order valence-electron chi connectivity index (χ4n) is 3.29. The SMILES string of the molecule is Nc1c2nc(c(N)c3ccc([nH]3)c(N)c3nc(c(N)c4ccc1[nH]4)C=C3)C=C2. The molecule has 8 heteroatoms. The van der Waals surface area contributed by atoms with Gasteiger partial charge in [0.1, 0.15) is 0 Å². The Balaban J connectivity index is 1.97. The first kappa shape index (κ1) is 16.0. The van der Waals surface area contributed by atoms with Crippen LogP contribution in [0.2, 0.25) is 0 Å². The molecule has 3 aromatic rings. The molecule has 0 atom stereocenters. The Kier molecular flexibility index (Phi) is 3.23. The Hall–Kier alpha value is -4.20. The molecule has 0 saturated carbocycles. The van der Waals surface area contributed by atoms with Crippen molar-refractivity contribution >= 4 is 69.1 Å². The van der Waals surface area contributed by atoms with Crippen molar-refractivity contribution in [2.45, 2.75) is 0 Å². The normalized spacial score (nSPS) is 12.6. The summed E-state index contributed by atoms with van der Waals surface area (Å²) in [6, 6.07) is 7.44. The average molecular weight is 370 g/mol. The third-order valence-corrected chi connectivity index (χ3v) is 4.92. The number of nitrogens with one attached hydrogen (secondary N) is 2. The Morgan fingerprint density at radius 1 is 0.464 bits per heavy atom. The van der Waals surface area contributed by atoms with E-state index in [9.17, 15) is 0 Å². The van der Waals surface area contributed by atoms with Crippen LogP contribution in [-0.4, -0.2) is 19.9 Å². The number of rotatable bonds is 0. The van der Waals surface area contributed by atoms with Gasteiger partial charge in [0.25, 0.3) is 0 Å². The smallest absolute Gasteiger partial charge is 0.0889 e. The highest BCUT2D eigenvalue weighted by atomic mass is 14.9. The molecule has 0 saturated heterocycles. The van der Waals surface area contributed by atoms with Gasteiger partial charge in [-0.1, -0.05) is 0 Å². The summed E-state index contributed by atoms with van der Waals surface area (Å²) in [6.45, 7) is 0. The van der Waals surface area contributed by atoms with E-state index in [0.29, 0.717) is 67.6 Å². The van der Waals surface area contributed by atoms with Crippen LogP contribution in [0.25, 0.3) is 46.4 Å². The summed E-state index contributed by atoms with van der Waals surface area (Å²) in [5.41, 5.74) is 32.6. The van der Waals surface area contributed by atoms with Crippen LogP contribution < -0.4 is 22.9 Å². The van der Waals surface area contributed by atoms with E-state index in [0.717, 1.165) is 0 Å². The van der Waals surface area contributed by atoms with Crippen LogP contribution in [0.1, 0.15) is 22.8 Å². The van der Waals surface area contributed by atoms with Gasteiger partial charge in [-0.2, -0.15) is 0 Å². The van der Waals surface area contributed by atoms with E-state index in [1.165, 1.54) is 0 Å². The quantitative estimate of drug-likeness (QED) is 0.245. The third-order valence-electron chi connectivity index (χ3n) is 4.92. The van der Waals surface area contributed by atoms with Crippen LogP contribution in [0.4, 0.5) is 22.7 Å². The zero-order valence-corrected chi connectivity index (χ0v) is 14.8. The molecule has 3 aromatic heterocycles. The zero-order chi connectivity index (χ0) is 19.4. The first-order valence-corrected chi connectivity index (χ1v) is 8.69. The van der Waals surface area contributed by atoms with Crippen molar-refractivity contribution in [1.29, 1.82) is 0 Å². The topological polar surface area (TPSA) is 161 Å². The first-order valence-electron chi connectivity index (χ1n) is 8.69. The van der Waals surface area contributed by atoms with Gasteiger partial charge in [-0.15, -0.1) is 0 Å². The fraction of sp³-hybridized carbons (Fsp3) is 0. The number of anilines is 4. The molecule has 8 bridgehead atoms. The predicted octanol–water partition coefficient (Wildman–Crippen LogP) is 2.98. The lowest BCUT2D eigenvalue weighted by molar-refractivity contribution is 1.32. The molecule has 5 heterocycles. The van der Waals surface area contributed by atoms with Crippen molar-refractivity contribution in [3.05, 3.63) is 47.0 Å². The summed E-state index contributed by atoms with van der Waals surface area (Å²) in [5.74, 6) is 0. The summed E-state index contributed by atoms with van der Waals surface area (Å²) in [5, 5.41) is 0. The van der Waals surface area contributed by atoms with Gasteiger partial charge in [-0.25, -0.2) is 9.97 Å². The second kappa shape index (κ2) is 5.65. The highest BCUT2D eigenvalue weighted by Gasteiger charge is 2.11. The van der Waals surface area contributed by atoms with Gasteiger partial charge in [0.15, 0.2) is 0 Å². The highest BCUT2D eigenvalue weighted by molar-refractivity contribution is 5.93. The highest BCUT2D eigenvalue weighted by Crippen LogP contribution is 2.29. The second-order valence-corrected chi connectivity index (χ2v) is 6.66. The van der Waals surface area contributed by atoms with Gasteiger partial charge in [-0.3, -0.25) is 0 Å². The molecule has 138 valence electrons. The Bertz CT molecular complexity index is 1160. The molecule has 0 spiro atoms. The number of nitrogens with two attached hydrogens (primary N) is 4. The number of H-pyrrole nitrogens is 2. The van der Waals surface area contributed by atoms with Gasteiger partial charge in [0.2, 0.25) is 0 Å². The summed E-state index contributed by atoms with van der Waals surface area (Å²) in [4.78, 5) is 15.6. The third kappa shape index (κ3) is 2.32. The number of aromatic amines is 2. The first-order chi connectivity index (χ1) is 13.5. The minimum atomic E-state index is 0.506. The number of hydrogen-bond acceptors (Lipinski definition) is 6. The molecule has 0 amide bonds. The molecular weight excluding hydrogens is 352 g/mol. The van der Waals surface area contributed by atoms with E-state index in [1.54, 1.807) is 0 Å². The van der Waals surface area contributed by atoms with Gasteiger partial charge in [-0.05, 0) is 48.6 Å². The van der Waals surface area contributed by atoms with Crippen molar-refractivity contribution in [1.82, 2.24) is 19.9 Å². The number of nitrogens with zero attached hydrogens (tertiary/aromatic N) is 2. The molecule has 10 N–H and O–H groups in total. The van der Waals surface area contributed by atoms with Crippen molar-refractivity contribution < 1.29 is 0 Å². The minimum absolute atomic E-state index is 0.506. The van der Waals surface area contributed by atoms with E-state index in [2.05, 4.69) is 19.9 Å². The van der Waals surface area contributed by atoms with Gasteiger partial charge < -0.3 is 32.9 Å². The lowest BCUT2D eigenvalue weighted by atomic mass is 10.3. The van der Waals surface area contributed by atoms with Crippen LogP contribution in [0.15, 0.2) is 24.3 Å². The lowest BCUT2D eigenvalue weighted by Gasteiger charge is -1.97. The van der Waals surface area contributed by atoms with E-state index < -0.39 is 0 Å². The molecular formula is C20H18N8. The molecule has 5 rings (SSSR count). The number of nitrogen functional groups attached to an aromatic ring is 4. The van der Waals surface area contributed by atoms with Gasteiger partial charge in [0, 0.05) is 0 Å². The molecule has 28 heavy (non-hydrogen) atoms. The summed E-state index contributed by atoms with van der Waals surface area (Å²) < 4.78 is 0. The van der Waals surface area contributed by atoms with Gasteiger partial charge in [0.05, 0.1) is 67.6 Å². The van der Waals surface area contributed by atoms with Crippen molar-refractivity contribution in [2.24, 2.45) is 0 Å². The monoisotopic (exact) mass is 370 g/mol. The van der Waals surface area contributed by atoms with E-state index in [1.807, 2.05) is 48.6 Å². The zero-order valence-electron chi connectivity index (χ0n) is 14.8. The predicted molar refractivity (Wildman–Crippen MR) is 117 cm³/mol. The van der Waals surface area contributed by atoms with E-state index in [-0.39, 0.29) is 0 Å². The maximum absolute atomic E-state index is 6.31. The maximum Gasteiger partial charge on any atom is 0.0889 e. The molecule has 0 aliphatic carbocycles. The van der Waals surface area contributed by atoms with E-state index in [4.69, 9.17) is 22.9 Å². The van der Waals surface area contributed by atoms with Crippen molar-refractivity contribution in [3.8, 4) is 0 Å². The summed E-state index contributed by atoms with van der Waals surface area (Å²) in [6.07, 6.45) is 7.33. The molecule has 0 unspecified atom stereocenters. The molecule has 2 aliphatic heterocycles. The van der Waals surface area contributed by atoms with Crippen LogP contribution in [0.3, 0.4) is 0 Å². The minimum Gasteiger partial charge on any atom is -0.395 e. The van der Waals surface area contributed by atoms with Crippen LogP contribution in [-0.2, 0) is 0 Å². The Morgan fingerprint density at radius 2 is 0.714 bits per heavy atom. The standard InChI is InChI=1S/C20H18N8/c21-17-9-1-2-10(25-9)18(22)12-5-6-14(27-12)20(24)16-8-7-15(28-16)19(23)13-4-3-11(17)26-13/h1-8,25,28H,21-24H2. The van der Waals surface area contributed by atoms with Crippen LogP contribution >= 0.6 is 0 Å². The average Bonchev–Trinajstić information content (AvgIpc) is 3.49. The van der Waals surface area contributed by atoms with E-state index >= 15 is 0 Å². The number of hydrogen-bond donors (Lipinski definition) is 6. The Morgan fingerprint density at radius 3 is 0.964 bits per heavy atom. The van der Waals surface area contributed by atoms with Crippen LogP contribution in [0, 0.1) is 0 Å². The van der Waals surface area contributed by atoms with Crippen molar-refractivity contribution in [2.75, 3.05) is 22.9 Å². The maximum atomic E-state index is 6.31. The lowest BCUT2D eigenvalue weighted by Crippen LogP contribution is -1.94. The molecule has 2 aliphatic rings. The molecule has 0 radical (unpaired) electrons. The Labute approximate surface area is 159 Å². The van der Waals surface area contributed by atoms with Crippen molar-refractivity contribution in [3.63, 3.8) is 0 Å². The largest absolute Gasteiger partial charge is 0.395 e. The fourth-order valence-corrected chi connectivity index (χ4v) is 3.29.